The monoisotopic (exact) mass is 531 g/mol. The number of ether oxygens (including phenoxy) is 1. The van der Waals surface area contributed by atoms with Gasteiger partial charge in [0, 0.05) is 24.4 Å². The van der Waals surface area contributed by atoms with Crippen molar-refractivity contribution in [1.29, 1.82) is 0 Å². The van der Waals surface area contributed by atoms with E-state index in [-0.39, 0.29) is 5.78 Å². The molecule has 3 nitrogen and oxygen atoms in total. The predicted molar refractivity (Wildman–Crippen MR) is 164 cm³/mol. The Hall–Kier alpha value is -3.78. The van der Waals surface area contributed by atoms with E-state index in [1.807, 2.05) is 49.4 Å². The summed E-state index contributed by atoms with van der Waals surface area (Å²) < 4.78 is 5.69. The molecule has 0 unspecified atom stereocenters. The first-order chi connectivity index (χ1) is 19.1. The number of carbonyl (C=O) groups is 1. The van der Waals surface area contributed by atoms with E-state index in [2.05, 4.69) is 90.7 Å². The molecule has 0 N–H and O–H groups in total. The molecule has 5 rings (SSSR count). The Bertz CT molecular complexity index is 1400. The van der Waals surface area contributed by atoms with Crippen molar-refractivity contribution in [3.05, 3.63) is 149 Å². The topological polar surface area (TPSA) is 29.5 Å². The van der Waals surface area contributed by atoms with Crippen molar-refractivity contribution in [3.8, 4) is 0 Å². The lowest BCUT2D eigenvalue weighted by Gasteiger charge is -2.32. The second kappa shape index (κ2) is 12.8. The molecule has 0 aliphatic carbocycles. The third-order valence-corrected chi connectivity index (χ3v) is 9.29. The highest BCUT2D eigenvalue weighted by atomic mass is 31.1. The van der Waals surface area contributed by atoms with Crippen LogP contribution >= 0.6 is 7.92 Å². The van der Waals surface area contributed by atoms with E-state index in [0.29, 0.717) is 18.8 Å². The number of aryl methyl sites for hydroxylation is 2. The fraction of sp³-hybridized carbons (Fsp3) is 0.171. The van der Waals surface area contributed by atoms with Crippen molar-refractivity contribution in [2.45, 2.75) is 13.8 Å². The Morgan fingerprint density at radius 2 is 1.15 bits per heavy atom. The molecule has 0 atom stereocenters. The van der Waals surface area contributed by atoms with Crippen LogP contribution in [0.25, 0.3) is 5.70 Å². The number of carbonyl (C=O) groups excluding carboxylic acids is 1. The molecule has 4 aromatic carbocycles. The number of allylic oxidation sites excluding steroid dienone is 3. The summed E-state index contributed by atoms with van der Waals surface area (Å²) in [5.74, 6) is 0.0193. The van der Waals surface area contributed by atoms with Gasteiger partial charge in [0.25, 0.3) is 0 Å². The van der Waals surface area contributed by atoms with Gasteiger partial charge in [-0.25, -0.2) is 0 Å². The number of morpholine rings is 1. The second-order valence-electron chi connectivity index (χ2n) is 9.80. The van der Waals surface area contributed by atoms with E-state index < -0.39 is 7.92 Å². The number of rotatable bonds is 8. The Morgan fingerprint density at radius 1 is 0.667 bits per heavy atom. The molecule has 0 saturated carbocycles. The molecule has 0 radical (unpaired) electrons. The minimum atomic E-state index is -0.988. The molecule has 4 heteroatoms. The number of hydrogen-bond donors (Lipinski definition) is 0. The van der Waals surface area contributed by atoms with Gasteiger partial charge in [-0.2, -0.15) is 0 Å². The highest BCUT2D eigenvalue weighted by Gasteiger charge is 2.22. The van der Waals surface area contributed by atoms with Crippen molar-refractivity contribution in [2.75, 3.05) is 26.3 Å². The third-order valence-electron chi connectivity index (χ3n) is 6.89. The average Bonchev–Trinajstić information content (AvgIpc) is 2.98. The number of ketones is 1. The minimum Gasteiger partial charge on any atom is -0.378 e. The fourth-order valence-electron chi connectivity index (χ4n) is 4.73. The van der Waals surface area contributed by atoms with Crippen molar-refractivity contribution in [3.63, 3.8) is 0 Å². The number of hydrogen-bond acceptors (Lipinski definition) is 3. The summed E-state index contributed by atoms with van der Waals surface area (Å²) in [6.45, 7) is 7.16. The van der Waals surface area contributed by atoms with Crippen LogP contribution in [0.3, 0.4) is 0 Å². The smallest absolute Gasteiger partial charge is 0.186 e. The average molecular weight is 532 g/mol. The Balaban J connectivity index is 1.71. The molecule has 0 amide bonds. The van der Waals surface area contributed by atoms with E-state index in [9.17, 15) is 4.79 Å². The maximum Gasteiger partial charge on any atom is 0.186 e. The Kier molecular flexibility index (Phi) is 8.83. The summed E-state index contributed by atoms with van der Waals surface area (Å²) in [5, 5.41) is 3.45. The van der Waals surface area contributed by atoms with Crippen LogP contribution in [0.1, 0.15) is 27.0 Å². The Labute approximate surface area is 233 Å². The van der Waals surface area contributed by atoms with Crippen molar-refractivity contribution < 1.29 is 9.53 Å². The standard InChI is InChI=1S/C35H34NO2P/c1-27-13-17-29(18-14-27)34(36-21-23-38-24-22-36)25-33(26-35(37)30-19-15-28(2)16-20-30)39(31-9-5-3-6-10-31)32-11-7-4-8-12-32/h3-20,25-26H,21-24H2,1-2H3/b33-26-,34-25-. The van der Waals surface area contributed by atoms with Crippen LogP contribution in [-0.2, 0) is 4.74 Å². The van der Waals surface area contributed by atoms with Crippen LogP contribution in [0.4, 0.5) is 0 Å². The number of nitrogens with zero attached hydrogens (tertiary/aromatic N) is 1. The second-order valence-corrected chi connectivity index (χ2v) is 12.0. The first-order valence-corrected chi connectivity index (χ1v) is 14.8. The SMILES string of the molecule is Cc1ccc(C(=O)/C=C(/C=C(/c2ccc(C)cc2)N2CCOCC2)P(c2ccccc2)c2ccccc2)cc1. The molecule has 4 aromatic rings. The lowest BCUT2D eigenvalue weighted by Crippen LogP contribution is -2.35. The molecule has 196 valence electrons. The predicted octanol–water partition coefficient (Wildman–Crippen LogP) is 6.88. The van der Waals surface area contributed by atoms with Crippen LogP contribution in [0.2, 0.25) is 0 Å². The van der Waals surface area contributed by atoms with Gasteiger partial charge in [0.1, 0.15) is 0 Å². The van der Waals surface area contributed by atoms with E-state index in [4.69, 9.17) is 4.74 Å². The van der Waals surface area contributed by atoms with Crippen LogP contribution in [0.15, 0.2) is 127 Å². The zero-order valence-corrected chi connectivity index (χ0v) is 23.5. The van der Waals surface area contributed by atoms with Crippen LogP contribution in [0, 0.1) is 13.8 Å². The molecule has 0 spiro atoms. The molecule has 0 aromatic heterocycles. The van der Waals surface area contributed by atoms with Gasteiger partial charge < -0.3 is 9.64 Å². The third kappa shape index (κ3) is 6.81. The normalized spacial score (nSPS) is 14.5. The summed E-state index contributed by atoms with van der Waals surface area (Å²) in [4.78, 5) is 16.1. The van der Waals surface area contributed by atoms with Gasteiger partial charge in [0.2, 0.25) is 0 Å². The zero-order valence-electron chi connectivity index (χ0n) is 22.6. The molecular weight excluding hydrogens is 497 g/mol. The van der Waals surface area contributed by atoms with Crippen molar-refractivity contribution in [2.24, 2.45) is 0 Å². The summed E-state index contributed by atoms with van der Waals surface area (Å²) in [6, 6.07) is 37.7. The van der Waals surface area contributed by atoms with E-state index in [0.717, 1.165) is 35.2 Å². The lowest BCUT2D eigenvalue weighted by atomic mass is 10.1. The van der Waals surface area contributed by atoms with E-state index in [1.165, 1.54) is 16.2 Å². The van der Waals surface area contributed by atoms with Gasteiger partial charge in [-0.3, -0.25) is 4.79 Å². The first kappa shape index (κ1) is 26.8. The van der Waals surface area contributed by atoms with Gasteiger partial charge in [-0.15, -0.1) is 0 Å². The molecule has 1 fully saturated rings. The maximum absolute atomic E-state index is 13.7. The van der Waals surface area contributed by atoms with Gasteiger partial charge in [-0.05, 0) is 55.4 Å². The highest BCUT2D eigenvalue weighted by Crippen LogP contribution is 2.45. The van der Waals surface area contributed by atoms with E-state index in [1.54, 1.807) is 0 Å². The quantitative estimate of drug-likeness (QED) is 0.107. The van der Waals surface area contributed by atoms with Crippen LogP contribution < -0.4 is 10.6 Å². The zero-order chi connectivity index (χ0) is 27.0. The maximum atomic E-state index is 13.7. The molecular formula is C35H34NO2P. The highest BCUT2D eigenvalue weighted by molar-refractivity contribution is 7.77. The van der Waals surface area contributed by atoms with Crippen molar-refractivity contribution in [1.82, 2.24) is 4.90 Å². The summed E-state index contributed by atoms with van der Waals surface area (Å²) >= 11 is 0. The lowest BCUT2D eigenvalue weighted by molar-refractivity contribution is 0.0639. The van der Waals surface area contributed by atoms with Gasteiger partial charge in [-0.1, -0.05) is 120 Å². The first-order valence-electron chi connectivity index (χ1n) is 13.4. The van der Waals surface area contributed by atoms with Gasteiger partial charge in [0.05, 0.1) is 13.2 Å². The molecule has 39 heavy (non-hydrogen) atoms. The van der Waals surface area contributed by atoms with E-state index >= 15 is 0 Å². The van der Waals surface area contributed by atoms with Gasteiger partial charge >= 0.3 is 0 Å². The summed E-state index contributed by atoms with van der Waals surface area (Å²) in [7, 11) is -0.988. The largest absolute Gasteiger partial charge is 0.378 e. The molecule has 1 heterocycles. The molecule has 1 aliphatic rings. The van der Waals surface area contributed by atoms with Crippen LogP contribution in [0.5, 0.6) is 0 Å². The minimum absolute atomic E-state index is 0.0193. The molecule has 0 bridgehead atoms. The molecule has 1 saturated heterocycles. The van der Waals surface area contributed by atoms with Crippen LogP contribution in [-0.4, -0.2) is 37.0 Å². The summed E-state index contributed by atoms with van der Waals surface area (Å²) in [5.41, 5.74) is 5.33. The Morgan fingerprint density at radius 3 is 1.67 bits per heavy atom. The summed E-state index contributed by atoms with van der Waals surface area (Å²) in [6.07, 6.45) is 4.12. The molecule has 1 aliphatic heterocycles. The number of benzene rings is 4. The van der Waals surface area contributed by atoms with Gasteiger partial charge in [0.15, 0.2) is 5.78 Å². The van der Waals surface area contributed by atoms with Crippen molar-refractivity contribution >= 4 is 30.0 Å². The fourth-order valence-corrected chi connectivity index (χ4v) is 7.07.